The molecular weight excluding hydrogens is 443 g/mol. The molecule has 2 aromatic carbocycles. The van der Waals surface area contributed by atoms with E-state index in [1.807, 2.05) is 0 Å². The second kappa shape index (κ2) is 10.9. The highest BCUT2D eigenvalue weighted by molar-refractivity contribution is 8.13. The molecule has 2 aromatic rings. The molecule has 0 aliphatic rings. The lowest BCUT2D eigenvalue weighted by atomic mass is 10.2. The quantitative estimate of drug-likeness (QED) is 0.253. The summed E-state index contributed by atoms with van der Waals surface area (Å²) in [5, 5.41) is 13.7. The Morgan fingerprint density at radius 2 is 1.97 bits per heavy atom. The van der Waals surface area contributed by atoms with Gasteiger partial charge < -0.3 is 14.8 Å². The summed E-state index contributed by atoms with van der Waals surface area (Å²) in [6, 6.07) is 8.79. The molecule has 0 spiro atoms. The number of amides is 1. The first-order chi connectivity index (χ1) is 13.8. The van der Waals surface area contributed by atoms with Crippen LogP contribution in [0, 0.1) is 17.0 Å². The van der Waals surface area contributed by atoms with Gasteiger partial charge in [-0.3, -0.25) is 14.9 Å². The monoisotopic (exact) mass is 458 g/mol. The molecule has 1 N–H and O–H groups in total. The molecule has 8 nitrogen and oxygen atoms in total. The molecular formula is C18H16Cl2N2O6S. The van der Waals surface area contributed by atoms with Crippen LogP contribution in [-0.4, -0.2) is 35.1 Å². The third-order valence-corrected chi connectivity index (χ3v) is 4.75. The Morgan fingerprint density at radius 1 is 1.21 bits per heavy atom. The van der Waals surface area contributed by atoms with Gasteiger partial charge in [0.2, 0.25) is 0 Å². The van der Waals surface area contributed by atoms with E-state index in [0.717, 1.165) is 11.8 Å². The zero-order valence-corrected chi connectivity index (χ0v) is 17.5. The third-order valence-electron chi connectivity index (χ3n) is 3.49. The minimum atomic E-state index is -0.619. The van der Waals surface area contributed by atoms with Crippen molar-refractivity contribution in [1.29, 1.82) is 0 Å². The zero-order valence-electron chi connectivity index (χ0n) is 15.1. The van der Waals surface area contributed by atoms with E-state index < -0.39 is 16.1 Å². The van der Waals surface area contributed by atoms with E-state index in [1.54, 1.807) is 19.1 Å². The summed E-state index contributed by atoms with van der Waals surface area (Å²) < 4.78 is 10.2. The number of anilines is 1. The van der Waals surface area contributed by atoms with E-state index in [9.17, 15) is 19.7 Å². The first-order valence-corrected chi connectivity index (χ1v) is 9.92. The summed E-state index contributed by atoms with van der Waals surface area (Å²) in [5.74, 6) is -0.117. The van der Waals surface area contributed by atoms with E-state index >= 15 is 0 Å². The van der Waals surface area contributed by atoms with Crippen LogP contribution in [0.2, 0.25) is 10.0 Å². The highest BCUT2D eigenvalue weighted by Crippen LogP contribution is 2.27. The smallest absolute Gasteiger partial charge is 0.344 e. The van der Waals surface area contributed by atoms with Gasteiger partial charge in [0.25, 0.3) is 10.9 Å². The lowest BCUT2D eigenvalue weighted by molar-refractivity contribution is -0.384. The Labute approximate surface area is 180 Å². The number of halogens is 2. The van der Waals surface area contributed by atoms with Crippen LogP contribution in [-0.2, 0) is 9.53 Å². The van der Waals surface area contributed by atoms with Crippen molar-refractivity contribution in [3.8, 4) is 5.75 Å². The number of nitro benzene ring substituents is 1. The fraction of sp³-hybridized carbons (Fsp3) is 0.222. The molecule has 0 atom stereocenters. The van der Waals surface area contributed by atoms with Crippen molar-refractivity contribution < 1.29 is 24.0 Å². The van der Waals surface area contributed by atoms with Crippen LogP contribution < -0.4 is 10.1 Å². The number of hydrogen-bond donors (Lipinski definition) is 1. The molecule has 0 heterocycles. The van der Waals surface area contributed by atoms with Crippen LogP contribution in [0.15, 0.2) is 36.4 Å². The highest BCUT2D eigenvalue weighted by atomic mass is 35.5. The molecule has 1 amide bonds. The number of nitrogens with one attached hydrogen (secondary N) is 1. The fourth-order valence-electron chi connectivity index (χ4n) is 2.06. The maximum Gasteiger partial charge on any atom is 0.344 e. The normalized spacial score (nSPS) is 10.3. The number of aryl methyl sites for hydroxylation is 1. The molecule has 0 aromatic heterocycles. The molecule has 0 unspecified atom stereocenters. The van der Waals surface area contributed by atoms with Crippen molar-refractivity contribution in [1.82, 2.24) is 0 Å². The average Bonchev–Trinajstić information content (AvgIpc) is 2.66. The van der Waals surface area contributed by atoms with Gasteiger partial charge in [-0.2, -0.15) is 0 Å². The van der Waals surface area contributed by atoms with Crippen molar-refractivity contribution in [2.75, 3.05) is 24.3 Å². The number of carbonyl (C=O) groups is 2. The molecule has 2 rings (SSSR count). The molecule has 0 bridgehead atoms. The zero-order chi connectivity index (χ0) is 21.4. The number of non-ortho nitro benzene ring substituents is 1. The Hall–Kier alpha value is -2.49. The second-order valence-electron chi connectivity index (χ2n) is 5.60. The molecule has 0 radical (unpaired) electrons. The molecule has 154 valence electrons. The Kier molecular flexibility index (Phi) is 8.56. The molecule has 0 saturated carbocycles. The van der Waals surface area contributed by atoms with E-state index in [4.69, 9.17) is 32.7 Å². The standard InChI is InChI=1S/C18H16Cl2N2O6S/c1-11-2-4-13(22(25)26)9-15(11)21-18(24)29-7-6-27-17(23)10-28-16-5-3-12(19)8-14(16)20/h2-5,8-9H,6-7,10H2,1H3,(H,21,24). The number of rotatable bonds is 8. The number of hydrogen-bond acceptors (Lipinski definition) is 7. The molecule has 0 aliphatic carbocycles. The van der Waals surface area contributed by atoms with Gasteiger partial charge in [-0.25, -0.2) is 4.79 Å². The fourth-order valence-corrected chi connectivity index (χ4v) is 3.06. The van der Waals surface area contributed by atoms with Crippen molar-refractivity contribution in [3.05, 3.63) is 62.1 Å². The Balaban J connectivity index is 1.70. The number of esters is 1. The van der Waals surface area contributed by atoms with Gasteiger partial charge in [0.05, 0.1) is 15.6 Å². The van der Waals surface area contributed by atoms with Crippen LogP contribution in [0.3, 0.4) is 0 Å². The maximum atomic E-state index is 12.0. The number of thioether (sulfide) groups is 1. The molecule has 0 aliphatic heterocycles. The van der Waals surface area contributed by atoms with Crippen LogP contribution in [0.5, 0.6) is 5.75 Å². The maximum absolute atomic E-state index is 12.0. The largest absolute Gasteiger partial charge is 0.480 e. The number of nitro groups is 1. The summed E-state index contributed by atoms with van der Waals surface area (Å²) in [6.45, 7) is 1.37. The van der Waals surface area contributed by atoms with E-state index in [-0.39, 0.29) is 29.7 Å². The van der Waals surface area contributed by atoms with Crippen molar-refractivity contribution in [3.63, 3.8) is 0 Å². The summed E-state index contributed by atoms with van der Waals surface area (Å²) in [6.07, 6.45) is 0. The molecule has 0 fully saturated rings. The van der Waals surface area contributed by atoms with Crippen molar-refractivity contribution >= 4 is 57.5 Å². The predicted molar refractivity (Wildman–Crippen MR) is 112 cm³/mol. The van der Waals surface area contributed by atoms with Gasteiger partial charge in [-0.15, -0.1) is 0 Å². The van der Waals surface area contributed by atoms with Gasteiger partial charge in [-0.1, -0.05) is 41.0 Å². The van der Waals surface area contributed by atoms with Crippen LogP contribution >= 0.6 is 35.0 Å². The van der Waals surface area contributed by atoms with Crippen molar-refractivity contribution in [2.45, 2.75) is 6.92 Å². The molecule has 0 saturated heterocycles. The minimum Gasteiger partial charge on any atom is -0.480 e. The minimum absolute atomic E-state index is 0.0114. The van der Waals surface area contributed by atoms with Gasteiger partial charge in [0.1, 0.15) is 12.4 Å². The predicted octanol–water partition coefficient (Wildman–Crippen LogP) is 5.10. The van der Waals surface area contributed by atoms with Gasteiger partial charge in [0, 0.05) is 22.9 Å². The average molecular weight is 459 g/mol. The SMILES string of the molecule is Cc1ccc([N+](=O)[O-])cc1NC(=O)SCCOC(=O)COc1ccc(Cl)cc1Cl. The summed E-state index contributed by atoms with van der Waals surface area (Å²) >= 11 is 12.6. The summed E-state index contributed by atoms with van der Waals surface area (Å²) in [7, 11) is 0. The van der Waals surface area contributed by atoms with Gasteiger partial charge in [0.15, 0.2) is 6.61 Å². The van der Waals surface area contributed by atoms with Gasteiger partial charge in [-0.05, 0) is 30.7 Å². The Morgan fingerprint density at radius 3 is 2.66 bits per heavy atom. The van der Waals surface area contributed by atoms with Crippen molar-refractivity contribution in [2.24, 2.45) is 0 Å². The number of nitrogens with zero attached hydrogens (tertiary/aromatic N) is 1. The van der Waals surface area contributed by atoms with Crippen LogP contribution in [0.25, 0.3) is 0 Å². The lowest BCUT2D eigenvalue weighted by Crippen LogP contribution is -2.17. The van der Waals surface area contributed by atoms with E-state index in [0.29, 0.717) is 22.0 Å². The van der Waals surface area contributed by atoms with Crippen LogP contribution in [0.1, 0.15) is 5.56 Å². The number of carbonyl (C=O) groups excluding carboxylic acids is 2. The topological polar surface area (TPSA) is 108 Å². The van der Waals surface area contributed by atoms with Gasteiger partial charge >= 0.3 is 5.97 Å². The highest BCUT2D eigenvalue weighted by Gasteiger charge is 2.12. The summed E-state index contributed by atoms with van der Waals surface area (Å²) in [4.78, 5) is 33.9. The van der Waals surface area contributed by atoms with E-state index in [2.05, 4.69) is 5.32 Å². The molecule has 11 heteroatoms. The summed E-state index contributed by atoms with van der Waals surface area (Å²) in [5.41, 5.74) is 0.918. The second-order valence-corrected chi connectivity index (χ2v) is 7.51. The lowest BCUT2D eigenvalue weighted by Gasteiger charge is -2.09. The van der Waals surface area contributed by atoms with E-state index in [1.165, 1.54) is 24.3 Å². The van der Waals surface area contributed by atoms with Crippen LogP contribution in [0.4, 0.5) is 16.2 Å². The molecule has 29 heavy (non-hydrogen) atoms. The Bertz CT molecular complexity index is 925. The third kappa shape index (κ3) is 7.45. The number of ether oxygens (including phenoxy) is 2. The first kappa shape index (κ1) is 22.8. The number of benzene rings is 2. The first-order valence-electron chi connectivity index (χ1n) is 8.18.